The number of rotatable bonds is 4. The quantitative estimate of drug-likeness (QED) is 0.536. The topological polar surface area (TPSA) is 43.4 Å². The third-order valence-corrected chi connectivity index (χ3v) is 3.20. The highest BCUT2D eigenvalue weighted by Crippen LogP contribution is 2.30. The van der Waals surface area contributed by atoms with Crippen molar-refractivity contribution in [3.05, 3.63) is 12.7 Å². The molecule has 1 aliphatic rings. The average molecular weight is 218 g/mol. The van der Waals surface area contributed by atoms with E-state index in [1.165, 1.54) is 6.42 Å². The van der Waals surface area contributed by atoms with Gasteiger partial charge in [-0.2, -0.15) is 8.42 Å². The predicted octanol–water partition coefficient (Wildman–Crippen LogP) is 2.10. The molecule has 0 N–H and O–H groups in total. The molecule has 14 heavy (non-hydrogen) atoms. The Hall–Kier alpha value is -0.350. The van der Waals surface area contributed by atoms with Crippen LogP contribution in [-0.2, 0) is 14.3 Å². The Morgan fingerprint density at radius 1 is 1.43 bits per heavy atom. The van der Waals surface area contributed by atoms with Gasteiger partial charge < -0.3 is 0 Å². The van der Waals surface area contributed by atoms with Gasteiger partial charge in [0.25, 0.3) is 10.1 Å². The second-order valence-corrected chi connectivity index (χ2v) is 5.51. The molecule has 0 amide bonds. The van der Waals surface area contributed by atoms with Crippen molar-refractivity contribution in [3.63, 3.8) is 0 Å². The van der Waals surface area contributed by atoms with Crippen molar-refractivity contribution in [2.24, 2.45) is 5.92 Å². The van der Waals surface area contributed by atoms with Crippen LogP contribution in [0.25, 0.3) is 0 Å². The minimum atomic E-state index is -3.31. The van der Waals surface area contributed by atoms with Gasteiger partial charge in [0.05, 0.1) is 12.4 Å². The van der Waals surface area contributed by atoms with Crippen LogP contribution >= 0.6 is 0 Å². The smallest absolute Gasteiger partial charge is 0.264 e. The molecule has 0 unspecified atom stereocenters. The SMILES string of the molecule is C=CC[C@H]1CCCC[C@H]1OS(C)(=O)=O. The summed E-state index contributed by atoms with van der Waals surface area (Å²) in [5.74, 6) is 0.330. The van der Waals surface area contributed by atoms with Crippen LogP contribution in [0.4, 0.5) is 0 Å². The molecule has 4 heteroatoms. The molecule has 1 saturated carbocycles. The maximum absolute atomic E-state index is 11.0. The lowest BCUT2D eigenvalue weighted by Gasteiger charge is -2.29. The zero-order valence-electron chi connectivity index (χ0n) is 8.61. The Morgan fingerprint density at radius 2 is 2.07 bits per heavy atom. The molecule has 0 aromatic carbocycles. The summed E-state index contributed by atoms with van der Waals surface area (Å²) in [6, 6.07) is 0. The third kappa shape index (κ3) is 3.80. The van der Waals surface area contributed by atoms with Gasteiger partial charge >= 0.3 is 0 Å². The first-order valence-corrected chi connectivity index (χ1v) is 6.84. The first-order valence-electron chi connectivity index (χ1n) is 5.02. The summed E-state index contributed by atoms with van der Waals surface area (Å²) in [6.07, 6.45) is 7.81. The van der Waals surface area contributed by atoms with E-state index in [2.05, 4.69) is 6.58 Å². The van der Waals surface area contributed by atoms with E-state index in [4.69, 9.17) is 4.18 Å². The lowest BCUT2D eigenvalue weighted by molar-refractivity contribution is 0.102. The summed E-state index contributed by atoms with van der Waals surface area (Å²) < 4.78 is 27.1. The van der Waals surface area contributed by atoms with Crippen molar-refractivity contribution in [2.45, 2.75) is 38.2 Å². The first kappa shape index (κ1) is 11.7. The van der Waals surface area contributed by atoms with Gasteiger partial charge in [0, 0.05) is 0 Å². The van der Waals surface area contributed by atoms with E-state index < -0.39 is 10.1 Å². The van der Waals surface area contributed by atoms with Gasteiger partial charge in [-0.15, -0.1) is 6.58 Å². The van der Waals surface area contributed by atoms with Gasteiger partial charge in [0.15, 0.2) is 0 Å². The normalized spacial score (nSPS) is 28.6. The average Bonchev–Trinajstić information content (AvgIpc) is 2.06. The molecule has 0 bridgehead atoms. The van der Waals surface area contributed by atoms with Crippen molar-refractivity contribution in [3.8, 4) is 0 Å². The molecule has 1 rings (SSSR count). The van der Waals surface area contributed by atoms with Crippen LogP contribution in [-0.4, -0.2) is 20.8 Å². The van der Waals surface area contributed by atoms with Gasteiger partial charge in [0.2, 0.25) is 0 Å². The molecule has 0 spiro atoms. The lowest BCUT2D eigenvalue weighted by Crippen LogP contribution is -2.29. The Labute approximate surface area is 86.3 Å². The van der Waals surface area contributed by atoms with E-state index in [1.54, 1.807) is 0 Å². The van der Waals surface area contributed by atoms with Gasteiger partial charge in [-0.25, -0.2) is 0 Å². The van der Waals surface area contributed by atoms with Crippen molar-refractivity contribution in [1.29, 1.82) is 0 Å². The summed E-state index contributed by atoms with van der Waals surface area (Å²) in [4.78, 5) is 0. The second-order valence-electron chi connectivity index (χ2n) is 3.91. The van der Waals surface area contributed by atoms with Gasteiger partial charge in [-0.3, -0.25) is 4.18 Å². The van der Waals surface area contributed by atoms with Crippen LogP contribution in [0.3, 0.4) is 0 Å². The minimum absolute atomic E-state index is 0.128. The van der Waals surface area contributed by atoms with E-state index in [0.717, 1.165) is 31.9 Å². The summed E-state index contributed by atoms with van der Waals surface area (Å²) in [5, 5.41) is 0. The van der Waals surface area contributed by atoms with Crippen molar-refractivity contribution >= 4 is 10.1 Å². The highest BCUT2D eigenvalue weighted by atomic mass is 32.2. The van der Waals surface area contributed by atoms with Crippen molar-refractivity contribution < 1.29 is 12.6 Å². The predicted molar refractivity (Wildman–Crippen MR) is 56.5 cm³/mol. The Morgan fingerprint density at radius 3 is 2.64 bits per heavy atom. The van der Waals surface area contributed by atoms with Crippen LogP contribution in [0, 0.1) is 5.92 Å². The molecule has 0 aromatic rings. The summed E-state index contributed by atoms with van der Waals surface area (Å²) >= 11 is 0. The fraction of sp³-hybridized carbons (Fsp3) is 0.800. The highest BCUT2D eigenvalue weighted by Gasteiger charge is 2.27. The zero-order chi connectivity index (χ0) is 10.6. The highest BCUT2D eigenvalue weighted by molar-refractivity contribution is 7.86. The van der Waals surface area contributed by atoms with E-state index in [1.807, 2.05) is 6.08 Å². The molecule has 0 saturated heterocycles. The largest absolute Gasteiger partial charge is 0.267 e. The molecular weight excluding hydrogens is 200 g/mol. The van der Waals surface area contributed by atoms with E-state index >= 15 is 0 Å². The maximum Gasteiger partial charge on any atom is 0.264 e. The standard InChI is InChI=1S/C10H18O3S/c1-3-6-9-7-4-5-8-10(9)13-14(2,11)12/h3,9-10H,1,4-8H2,2H3/t9-,10+/m0/s1. The van der Waals surface area contributed by atoms with Crippen molar-refractivity contribution in [2.75, 3.05) is 6.26 Å². The van der Waals surface area contributed by atoms with Crippen LogP contribution in [0.2, 0.25) is 0 Å². The molecule has 1 fully saturated rings. The van der Waals surface area contributed by atoms with Gasteiger partial charge in [-0.1, -0.05) is 18.9 Å². The molecule has 0 radical (unpaired) electrons. The Kier molecular flexibility index (Phi) is 4.13. The molecule has 1 aliphatic carbocycles. The zero-order valence-corrected chi connectivity index (χ0v) is 9.42. The lowest BCUT2D eigenvalue weighted by atomic mass is 9.84. The van der Waals surface area contributed by atoms with E-state index in [0.29, 0.717) is 5.92 Å². The first-order chi connectivity index (χ1) is 6.53. The van der Waals surface area contributed by atoms with Crippen LogP contribution in [0.15, 0.2) is 12.7 Å². The monoisotopic (exact) mass is 218 g/mol. The molecule has 3 nitrogen and oxygen atoms in total. The van der Waals surface area contributed by atoms with Crippen LogP contribution in [0.5, 0.6) is 0 Å². The number of hydrogen-bond acceptors (Lipinski definition) is 3. The van der Waals surface area contributed by atoms with E-state index in [-0.39, 0.29) is 6.10 Å². The minimum Gasteiger partial charge on any atom is -0.267 e. The van der Waals surface area contributed by atoms with Crippen LogP contribution < -0.4 is 0 Å². The van der Waals surface area contributed by atoms with Crippen molar-refractivity contribution in [1.82, 2.24) is 0 Å². The number of allylic oxidation sites excluding steroid dienone is 1. The molecule has 2 atom stereocenters. The van der Waals surface area contributed by atoms with Crippen LogP contribution in [0.1, 0.15) is 32.1 Å². The molecule has 0 aliphatic heterocycles. The van der Waals surface area contributed by atoms with Gasteiger partial charge in [-0.05, 0) is 25.2 Å². The Balaban J connectivity index is 2.58. The number of hydrogen-bond donors (Lipinski definition) is 0. The van der Waals surface area contributed by atoms with Gasteiger partial charge in [0.1, 0.15) is 0 Å². The molecule has 82 valence electrons. The fourth-order valence-electron chi connectivity index (χ4n) is 2.01. The molecule has 0 heterocycles. The Bertz CT molecular complexity index is 282. The summed E-state index contributed by atoms with van der Waals surface area (Å²) in [6.45, 7) is 3.68. The maximum atomic E-state index is 11.0. The summed E-state index contributed by atoms with van der Waals surface area (Å²) in [7, 11) is -3.31. The van der Waals surface area contributed by atoms with E-state index in [9.17, 15) is 8.42 Å². The fourth-order valence-corrected chi connectivity index (χ4v) is 2.71. The molecule has 0 aromatic heterocycles. The summed E-state index contributed by atoms with van der Waals surface area (Å²) in [5.41, 5.74) is 0. The molecular formula is C10H18O3S. The second kappa shape index (κ2) is 4.94. The third-order valence-electron chi connectivity index (χ3n) is 2.61.